The Labute approximate surface area is 109 Å². The molecule has 0 radical (unpaired) electrons. The number of thioether (sulfide) groups is 1. The van der Waals surface area contributed by atoms with Crippen molar-refractivity contribution in [2.75, 3.05) is 31.9 Å². The van der Waals surface area contributed by atoms with E-state index in [-0.39, 0.29) is 0 Å². The molecule has 0 aromatic carbocycles. The molecule has 2 aliphatic heterocycles. The Morgan fingerprint density at radius 3 is 2.94 bits per heavy atom. The first-order valence-corrected chi connectivity index (χ1v) is 8.03. The first-order chi connectivity index (χ1) is 8.38. The molecular weight excluding hydrogens is 230 g/mol. The van der Waals surface area contributed by atoms with Crippen LogP contribution < -0.4 is 5.32 Å². The third-order valence-corrected chi connectivity index (χ3v) is 4.61. The second-order valence-electron chi connectivity index (χ2n) is 4.98. The van der Waals surface area contributed by atoms with Gasteiger partial charge >= 0.3 is 0 Å². The van der Waals surface area contributed by atoms with Crippen molar-refractivity contribution in [3.8, 4) is 0 Å². The highest BCUT2D eigenvalue weighted by Gasteiger charge is 2.15. The first-order valence-electron chi connectivity index (χ1n) is 7.04. The molecule has 1 N–H and O–H groups in total. The molecule has 0 amide bonds. The van der Waals surface area contributed by atoms with Gasteiger partial charge in [-0.2, -0.15) is 0 Å². The molecule has 0 saturated carbocycles. The van der Waals surface area contributed by atoms with Gasteiger partial charge in [0.1, 0.15) is 0 Å². The Balaban J connectivity index is 1.68. The fourth-order valence-electron chi connectivity index (χ4n) is 2.46. The zero-order valence-corrected chi connectivity index (χ0v) is 11.8. The van der Waals surface area contributed by atoms with Crippen molar-refractivity contribution >= 4 is 16.9 Å². The van der Waals surface area contributed by atoms with Gasteiger partial charge < -0.3 is 10.2 Å². The van der Waals surface area contributed by atoms with Crippen molar-refractivity contribution < 1.29 is 0 Å². The minimum Gasteiger partial charge on any atom is -0.362 e. The standard InChI is InChI=1S/C13H25N3S/c1-2-12-6-11-17-13(15-12)14-7-10-16-8-4-3-5-9-16/h12H,2-11H2,1H3,(H,14,15). The smallest absolute Gasteiger partial charge is 0.156 e. The highest BCUT2D eigenvalue weighted by atomic mass is 32.2. The summed E-state index contributed by atoms with van der Waals surface area (Å²) in [6.07, 6.45) is 6.67. The third-order valence-electron chi connectivity index (χ3n) is 3.65. The Hall–Kier alpha value is -0.220. The van der Waals surface area contributed by atoms with Gasteiger partial charge in [0, 0.05) is 18.3 Å². The number of hydrogen-bond acceptors (Lipinski definition) is 3. The van der Waals surface area contributed by atoms with Gasteiger partial charge in [0.2, 0.25) is 0 Å². The number of likely N-dealkylation sites (tertiary alicyclic amines) is 1. The normalized spacial score (nSPS) is 29.2. The van der Waals surface area contributed by atoms with Crippen molar-refractivity contribution in [2.24, 2.45) is 4.99 Å². The van der Waals surface area contributed by atoms with E-state index in [9.17, 15) is 0 Å². The fraction of sp³-hybridized carbons (Fsp3) is 0.923. The van der Waals surface area contributed by atoms with Crippen molar-refractivity contribution in [3.05, 3.63) is 0 Å². The fourth-order valence-corrected chi connectivity index (χ4v) is 3.49. The molecule has 4 heteroatoms. The van der Waals surface area contributed by atoms with E-state index < -0.39 is 0 Å². The molecule has 2 rings (SSSR count). The Morgan fingerprint density at radius 1 is 1.35 bits per heavy atom. The molecular formula is C13H25N3S. The van der Waals surface area contributed by atoms with Gasteiger partial charge in [0.25, 0.3) is 0 Å². The molecule has 0 spiro atoms. The van der Waals surface area contributed by atoms with Crippen molar-refractivity contribution in [1.29, 1.82) is 0 Å². The average Bonchev–Trinajstić information content (AvgIpc) is 2.40. The van der Waals surface area contributed by atoms with Crippen LogP contribution in [0.5, 0.6) is 0 Å². The summed E-state index contributed by atoms with van der Waals surface area (Å²) < 4.78 is 0. The predicted molar refractivity (Wildman–Crippen MR) is 76.9 cm³/mol. The summed E-state index contributed by atoms with van der Waals surface area (Å²) in [5.74, 6) is 1.23. The molecule has 3 nitrogen and oxygen atoms in total. The summed E-state index contributed by atoms with van der Waals surface area (Å²) >= 11 is 1.89. The number of nitrogens with one attached hydrogen (secondary N) is 1. The van der Waals surface area contributed by atoms with E-state index in [2.05, 4.69) is 17.1 Å². The third kappa shape index (κ3) is 4.51. The van der Waals surface area contributed by atoms with Crippen molar-refractivity contribution in [3.63, 3.8) is 0 Å². The van der Waals surface area contributed by atoms with Gasteiger partial charge in [0.15, 0.2) is 5.17 Å². The summed E-state index contributed by atoms with van der Waals surface area (Å²) in [6.45, 7) is 6.92. The van der Waals surface area contributed by atoms with Crippen LogP contribution in [0.25, 0.3) is 0 Å². The Kier molecular flexibility index (Phi) is 5.65. The predicted octanol–water partition coefficient (Wildman–Crippen LogP) is 2.33. The highest BCUT2D eigenvalue weighted by Crippen LogP contribution is 2.15. The zero-order chi connectivity index (χ0) is 11.9. The van der Waals surface area contributed by atoms with Gasteiger partial charge in [-0.25, -0.2) is 0 Å². The lowest BCUT2D eigenvalue weighted by Gasteiger charge is -2.26. The maximum absolute atomic E-state index is 4.70. The van der Waals surface area contributed by atoms with E-state index in [1.165, 1.54) is 56.1 Å². The van der Waals surface area contributed by atoms with Crippen LogP contribution in [0.1, 0.15) is 39.0 Å². The monoisotopic (exact) mass is 255 g/mol. The van der Waals surface area contributed by atoms with E-state index in [0.29, 0.717) is 6.04 Å². The number of amidine groups is 1. The molecule has 2 heterocycles. The zero-order valence-electron chi connectivity index (χ0n) is 11.0. The Morgan fingerprint density at radius 2 is 2.18 bits per heavy atom. The molecule has 2 aliphatic rings. The largest absolute Gasteiger partial charge is 0.362 e. The summed E-state index contributed by atoms with van der Waals surface area (Å²) in [4.78, 5) is 7.26. The molecule has 0 aromatic heterocycles. The molecule has 0 aromatic rings. The maximum atomic E-state index is 4.70. The van der Waals surface area contributed by atoms with Crippen LogP contribution in [0.15, 0.2) is 4.99 Å². The van der Waals surface area contributed by atoms with Gasteiger partial charge in [-0.05, 0) is 38.8 Å². The number of aliphatic imine (C=N–C) groups is 1. The van der Waals surface area contributed by atoms with Crippen molar-refractivity contribution in [1.82, 2.24) is 10.2 Å². The molecule has 1 unspecified atom stereocenters. The summed E-state index contributed by atoms with van der Waals surface area (Å²) in [5.41, 5.74) is 0. The molecule has 1 atom stereocenters. The summed E-state index contributed by atoms with van der Waals surface area (Å²) in [5, 5.41) is 4.72. The van der Waals surface area contributed by atoms with Crippen LogP contribution in [-0.4, -0.2) is 48.0 Å². The Bertz CT molecular complexity index is 249. The van der Waals surface area contributed by atoms with Crippen LogP contribution in [0, 0.1) is 0 Å². The van der Waals surface area contributed by atoms with E-state index >= 15 is 0 Å². The quantitative estimate of drug-likeness (QED) is 0.835. The number of hydrogen-bond donors (Lipinski definition) is 1. The lowest BCUT2D eigenvalue weighted by Crippen LogP contribution is -2.38. The van der Waals surface area contributed by atoms with Gasteiger partial charge in [-0.3, -0.25) is 4.99 Å². The molecule has 98 valence electrons. The maximum Gasteiger partial charge on any atom is 0.156 e. The second-order valence-corrected chi connectivity index (χ2v) is 6.06. The van der Waals surface area contributed by atoms with Crippen LogP contribution >= 0.6 is 11.8 Å². The van der Waals surface area contributed by atoms with Gasteiger partial charge in [-0.15, -0.1) is 0 Å². The number of piperidine rings is 1. The second kappa shape index (κ2) is 7.27. The van der Waals surface area contributed by atoms with Crippen LogP contribution in [0.3, 0.4) is 0 Å². The number of nitrogens with zero attached hydrogens (tertiary/aromatic N) is 2. The van der Waals surface area contributed by atoms with Gasteiger partial charge in [-0.1, -0.05) is 25.1 Å². The van der Waals surface area contributed by atoms with Crippen LogP contribution in [0.2, 0.25) is 0 Å². The SMILES string of the molecule is CCC1CCSC(=NCCN2CCCCC2)N1. The molecule has 17 heavy (non-hydrogen) atoms. The summed E-state index contributed by atoms with van der Waals surface area (Å²) in [7, 11) is 0. The minimum atomic E-state index is 0.657. The van der Waals surface area contributed by atoms with E-state index in [4.69, 9.17) is 4.99 Å². The van der Waals surface area contributed by atoms with Crippen LogP contribution in [-0.2, 0) is 0 Å². The molecule has 0 aliphatic carbocycles. The molecule has 2 fully saturated rings. The van der Waals surface area contributed by atoms with Crippen LogP contribution in [0.4, 0.5) is 0 Å². The van der Waals surface area contributed by atoms with E-state index in [0.717, 1.165) is 13.1 Å². The topological polar surface area (TPSA) is 27.6 Å². The van der Waals surface area contributed by atoms with Gasteiger partial charge in [0.05, 0.1) is 6.54 Å². The van der Waals surface area contributed by atoms with E-state index in [1.54, 1.807) is 0 Å². The molecule has 0 bridgehead atoms. The number of rotatable bonds is 4. The first kappa shape index (κ1) is 13.2. The molecule has 2 saturated heterocycles. The lowest BCUT2D eigenvalue weighted by molar-refractivity contribution is 0.235. The highest BCUT2D eigenvalue weighted by molar-refractivity contribution is 8.13. The van der Waals surface area contributed by atoms with Crippen molar-refractivity contribution in [2.45, 2.75) is 45.1 Å². The summed E-state index contributed by atoms with van der Waals surface area (Å²) in [6, 6.07) is 0.657. The minimum absolute atomic E-state index is 0.657. The van der Waals surface area contributed by atoms with E-state index in [1.807, 2.05) is 11.8 Å². The lowest BCUT2D eigenvalue weighted by atomic mass is 10.1. The average molecular weight is 255 g/mol.